The molecule has 132 valence electrons. The first-order chi connectivity index (χ1) is 11.6. The molecule has 1 aliphatic heterocycles. The molecule has 1 saturated carbocycles. The fraction of sp³-hybridized carbons (Fsp3) is 0.650. The van der Waals surface area contributed by atoms with Gasteiger partial charge in [-0.15, -0.1) is 0 Å². The summed E-state index contributed by atoms with van der Waals surface area (Å²) >= 11 is 0. The van der Waals surface area contributed by atoms with E-state index in [0.717, 1.165) is 38.5 Å². The van der Waals surface area contributed by atoms with Crippen molar-refractivity contribution >= 4 is 5.96 Å². The van der Waals surface area contributed by atoms with Gasteiger partial charge in [-0.3, -0.25) is 0 Å². The summed E-state index contributed by atoms with van der Waals surface area (Å²) in [7, 11) is 0. The zero-order valence-corrected chi connectivity index (χ0v) is 15.4. The van der Waals surface area contributed by atoms with Gasteiger partial charge in [-0.25, -0.2) is 4.99 Å². The van der Waals surface area contributed by atoms with Crippen molar-refractivity contribution in [3.63, 3.8) is 0 Å². The largest absolute Gasteiger partial charge is 0.377 e. The molecule has 0 spiro atoms. The Labute approximate surface area is 146 Å². The lowest BCUT2D eigenvalue weighted by Gasteiger charge is -2.54. The van der Waals surface area contributed by atoms with E-state index in [2.05, 4.69) is 62.6 Å². The molecular formula is C20H31N3O. The minimum Gasteiger partial charge on any atom is -0.377 e. The summed E-state index contributed by atoms with van der Waals surface area (Å²) in [5, 5.41) is 7.09. The van der Waals surface area contributed by atoms with Crippen LogP contribution in [-0.2, 0) is 17.7 Å². The Morgan fingerprint density at radius 2 is 2.00 bits per heavy atom. The fourth-order valence-electron chi connectivity index (χ4n) is 4.31. The van der Waals surface area contributed by atoms with Crippen LogP contribution in [-0.4, -0.2) is 31.3 Å². The minimum atomic E-state index is 0.165. The molecule has 1 aliphatic carbocycles. The lowest BCUT2D eigenvalue weighted by molar-refractivity contribution is -0.106. The summed E-state index contributed by atoms with van der Waals surface area (Å²) in [5.41, 5.74) is 2.86. The smallest absolute Gasteiger partial charge is 0.191 e. The van der Waals surface area contributed by atoms with Crippen LogP contribution in [0.15, 0.2) is 29.3 Å². The number of rotatable bonds is 5. The van der Waals surface area contributed by atoms with Crippen molar-refractivity contribution < 1.29 is 4.74 Å². The first-order valence-electron chi connectivity index (χ1n) is 9.31. The molecule has 3 unspecified atom stereocenters. The van der Waals surface area contributed by atoms with Crippen LogP contribution in [0.5, 0.6) is 0 Å². The van der Waals surface area contributed by atoms with Gasteiger partial charge in [0.25, 0.3) is 0 Å². The zero-order valence-electron chi connectivity index (χ0n) is 15.4. The van der Waals surface area contributed by atoms with Gasteiger partial charge in [0, 0.05) is 30.5 Å². The van der Waals surface area contributed by atoms with E-state index >= 15 is 0 Å². The number of guanidine groups is 1. The Bertz CT molecular complexity index is 596. The summed E-state index contributed by atoms with van der Waals surface area (Å²) in [4.78, 5) is 4.85. The average molecular weight is 329 g/mol. The Hall–Kier alpha value is -1.55. The molecule has 4 nitrogen and oxygen atoms in total. The molecule has 2 aliphatic rings. The summed E-state index contributed by atoms with van der Waals surface area (Å²) in [6.07, 6.45) is 2.61. The number of hydrogen-bond acceptors (Lipinski definition) is 2. The van der Waals surface area contributed by atoms with Crippen LogP contribution in [0.1, 0.15) is 45.2 Å². The first-order valence-corrected chi connectivity index (χ1v) is 9.31. The summed E-state index contributed by atoms with van der Waals surface area (Å²) in [5.74, 6) is 1.54. The predicted molar refractivity (Wildman–Crippen MR) is 99.2 cm³/mol. The number of aryl methyl sites for hydroxylation is 1. The second kappa shape index (κ2) is 7.14. The third-order valence-electron chi connectivity index (χ3n) is 5.64. The normalized spacial score (nSPS) is 28.2. The molecule has 0 radical (unpaired) electrons. The van der Waals surface area contributed by atoms with E-state index in [1.165, 1.54) is 11.1 Å². The van der Waals surface area contributed by atoms with Crippen LogP contribution in [0, 0.1) is 11.3 Å². The highest BCUT2D eigenvalue weighted by molar-refractivity contribution is 5.80. The van der Waals surface area contributed by atoms with Crippen LogP contribution in [0.25, 0.3) is 0 Å². The number of aliphatic imine (C=N–C) groups is 1. The molecule has 1 saturated heterocycles. The maximum absolute atomic E-state index is 5.90. The number of benzene rings is 1. The lowest BCUT2D eigenvalue weighted by atomic mass is 9.57. The van der Waals surface area contributed by atoms with Crippen molar-refractivity contribution in [1.82, 2.24) is 10.6 Å². The van der Waals surface area contributed by atoms with Crippen molar-refractivity contribution in [3.05, 3.63) is 35.4 Å². The van der Waals surface area contributed by atoms with Crippen LogP contribution in [0.4, 0.5) is 0 Å². The molecule has 0 aromatic heterocycles. The number of hydrogen-bond donors (Lipinski definition) is 2. The number of nitrogens with zero attached hydrogens (tertiary/aromatic N) is 1. The topological polar surface area (TPSA) is 45.7 Å². The molecule has 1 aromatic rings. The van der Waals surface area contributed by atoms with Gasteiger partial charge in [-0.05, 0) is 30.9 Å². The minimum absolute atomic E-state index is 0.165. The molecule has 0 bridgehead atoms. The van der Waals surface area contributed by atoms with Crippen molar-refractivity contribution in [1.29, 1.82) is 0 Å². The van der Waals surface area contributed by atoms with E-state index in [-0.39, 0.29) is 5.41 Å². The molecule has 2 fully saturated rings. The SMILES string of the molecule is CCNC(=NCc1ccccc1CC)NC1C2CCOC2C1(C)C. The van der Waals surface area contributed by atoms with Gasteiger partial charge in [0.15, 0.2) is 5.96 Å². The molecule has 1 heterocycles. The van der Waals surface area contributed by atoms with Gasteiger partial charge in [-0.2, -0.15) is 0 Å². The Balaban J connectivity index is 1.70. The van der Waals surface area contributed by atoms with Gasteiger partial charge < -0.3 is 15.4 Å². The van der Waals surface area contributed by atoms with E-state index in [9.17, 15) is 0 Å². The molecular weight excluding hydrogens is 298 g/mol. The lowest BCUT2D eigenvalue weighted by Crippen LogP contribution is -2.67. The highest BCUT2D eigenvalue weighted by Gasteiger charge is 2.59. The van der Waals surface area contributed by atoms with Crippen LogP contribution in [0.3, 0.4) is 0 Å². The zero-order chi connectivity index (χ0) is 17.2. The van der Waals surface area contributed by atoms with E-state index in [0.29, 0.717) is 18.1 Å². The van der Waals surface area contributed by atoms with Crippen LogP contribution in [0.2, 0.25) is 0 Å². The molecule has 1 aromatic carbocycles. The second-order valence-electron chi connectivity index (χ2n) is 7.50. The van der Waals surface area contributed by atoms with E-state index < -0.39 is 0 Å². The van der Waals surface area contributed by atoms with Crippen molar-refractivity contribution in [3.8, 4) is 0 Å². The molecule has 0 amide bonds. The van der Waals surface area contributed by atoms with E-state index in [4.69, 9.17) is 9.73 Å². The fourth-order valence-corrected chi connectivity index (χ4v) is 4.31. The van der Waals surface area contributed by atoms with Gasteiger partial charge in [-0.1, -0.05) is 45.0 Å². The highest BCUT2D eigenvalue weighted by Crippen LogP contribution is 2.52. The van der Waals surface area contributed by atoms with E-state index in [1.807, 2.05) is 0 Å². The van der Waals surface area contributed by atoms with Crippen LogP contribution < -0.4 is 10.6 Å². The Morgan fingerprint density at radius 3 is 2.71 bits per heavy atom. The quantitative estimate of drug-likeness (QED) is 0.644. The number of nitrogens with one attached hydrogen (secondary N) is 2. The van der Waals surface area contributed by atoms with E-state index in [1.54, 1.807) is 0 Å². The summed E-state index contributed by atoms with van der Waals surface area (Å²) in [6, 6.07) is 9.01. The summed E-state index contributed by atoms with van der Waals surface area (Å²) in [6.45, 7) is 11.4. The maximum Gasteiger partial charge on any atom is 0.191 e. The molecule has 24 heavy (non-hydrogen) atoms. The second-order valence-corrected chi connectivity index (χ2v) is 7.50. The van der Waals surface area contributed by atoms with Crippen LogP contribution >= 0.6 is 0 Å². The van der Waals surface area contributed by atoms with Crippen molar-refractivity contribution in [2.45, 2.75) is 59.2 Å². The maximum atomic E-state index is 5.90. The van der Waals surface area contributed by atoms with Gasteiger partial charge >= 0.3 is 0 Å². The van der Waals surface area contributed by atoms with Gasteiger partial charge in [0.2, 0.25) is 0 Å². The van der Waals surface area contributed by atoms with Crippen molar-refractivity contribution in [2.75, 3.05) is 13.2 Å². The standard InChI is InChI=1S/C20H31N3O/c1-5-14-9-7-8-10-15(14)13-22-19(21-6-2)23-17-16-11-12-24-18(16)20(17,3)4/h7-10,16-18H,5-6,11-13H2,1-4H3,(H2,21,22,23). The monoisotopic (exact) mass is 329 g/mol. The molecule has 3 rings (SSSR count). The third kappa shape index (κ3) is 3.16. The number of fused-ring (bicyclic) bond motifs is 1. The predicted octanol–water partition coefficient (Wildman–Crippen LogP) is 3.12. The Kier molecular flexibility index (Phi) is 5.14. The molecule has 4 heteroatoms. The Morgan fingerprint density at radius 1 is 1.25 bits per heavy atom. The summed E-state index contributed by atoms with van der Waals surface area (Å²) < 4.78 is 5.90. The number of ether oxygens (including phenoxy) is 1. The molecule has 3 atom stereocenters. The van der Waals surface area contributed by atoms with Crippen molar-refractivity contribution in [2.24, 2.45) is 16.3 Å². The van der Waals surface area contributed by atoms with Gasteiger partial charge in [0.1, 0.15) is 0 Å². The van der Waals surface area contributed by atoms with Gasteiger partial charge in [0.05, 0.1) is 12.6 Å². The highest BCUT2D eigenvalue weighted by atomic mass is 16.5. The third-order valence-corrected chi connectivity index (χ3v) is 5.64. The first kappa shape index (κ1) is 17.3. The average Bonchev–Trinajstić information content (AvgIpc) is 3.04. The molecule has 2 N–H and O–H groups in total.